The monoisotopic (exact) mass is 404 g/mol. The normalized spacial score (nSPS) is 19.4. The zero-order chi connectivity index (χ0) is 20.7. The second-order valence-corrected chi connectivity index (χ2v) is 8.77. The molecule has 0 aromatic heterocycles. The molecule has 1 saturated heterocycles. The van der Waals surface area contributed by atoms with Crippen LogP contribution in [0, 0.1) is 0 Å². The highest BCUT2D eigenvalue weighted by Gasteiger charge is 2.36. The van der Waals surface area contributed by atoms with Gasteiger partial charge >= 0.3 is 0 Å². The Kier molecular flexibility index (Phi) is 4.97. The average Bonchev–Trinajstić information content (AvgIpc) is 2.79. The van der Waals surface area contributed by atoms with Crippen molar-refractivity contribution in [3.8, 4) is 5.75 Å². The summed E-state index contributed by atoms with van der Waals surface area (Å²) in [5, 5.41) is 14.8. The van der Waals surface area contributed by atoms with Gasteiger partial charge in [-0.2, -0.15) is 0 Å². The molecule has 0 bridgehead atoms. The van der Waals surface area contributed by atoms with Crippen molar-refractivity contribution in [2.75, 3.05) is 23.3 Å². The molecule has 3 aliphatic rings. The Balaban J connectivity index is 1.66. The SMILES string of the molecule is O=C1c2ccccc2C(=O)c2c(O)c(N3CCCCC3)cc(NC3CCCCC3)c21. The summed E-state index contributed by atoms with van der Waals surface area (Å²) in [5.41, 5.74) is 2.68. The highest BCUT2D eigenvalue weighted by atomic mass is 16.3. The Morgan fingerprint density at radius 2 is 1.43 bits per heavy atom. The lowest BCUT2D eigenvalue weighted by Gasteiger charge is -2.33. The number of anilines is 2. The molecule has 2 aliphatic carbocycles. The number of rotatable bonds is 3. The molecule has 30 heavy (non-hydrogen) atoms. The number of nitrogens with one attached hydrogen (secondary N) is 1. The highest BCUT2D eigenvalue weighted by molar-refractivity contribution is 6.31. The number of ketones is 2. The molecular formula is C25H28N2O3. The van der Waals surface area contributed by atoms with E-state index in [2.05, 4.69) is 10.2 Å². The zero-order valence-electron chi connectivity index (χ0n) is 17.2. The molecule has 1 saturated carbocycles. The summed E-state index contributed by atoms with van der Waals surface area (Å²) in [5.74, 6) is -0.490. The van der Waals surface area contributed by atoms with Gasteiger partial charge < -0.3 is 15.3 Å². The van der Waals surface area contributed by atoms with Crippen molar-refractivity contribution in [1.82, 2.24) is 0 Å². The van der Waals surface area contributed by atoms with Crippen molar-refractivity contribution in [3.05, 3.63) is 52.6 Å². The molecule has 2 N–H and O–H groups in total. The first-order chi connectivity index (χ1) is 14.6. The number of phenolic OH excluding ortho intramolecular Hbond substituents is 1. The Hall–Kier alpha value is -2.82. The number of piperidine rings is 1. The molecule has 2 fully saturated rings. The molecule has 2 aromatic rings. The number of fused-ring (bicyclic) bond motifs is 2. The van der Waals surface area contributed by atoms with E-state index in [9.17, 15) is 14.7 Å². The predicted octanol–water partition coefficient (Wildman–Crippen LogP) is 4.90. The minimum absolute atomic E-state index is 0.0473. The van der Waals surface area contributed by atoms with Gasteiger partial charge in [-0.3, -0.25) is 9.59 Å². The van der Waals surface area contributed by atoms with Crippen molar-refractivity contribution in [3.63, 3.8) is 0 Å². The van der Waals surface area contributed by atoms with Crippen LogP contribution in [0.25, 0.3) is 0 Å². The molecule has 5 rings (SSSR count). The number of phenols is 1. The van der Waals surface area contributed by atoms with E-state index in [0.717, 1.165) is 38.8 Å². The van der Waals surface area contributed by atoms with Crippen molar-refractivity contribution in [2.45, 2.75) is 57.4 Å². The van der Waals surface area contributed by atoms with E-state index in [4.69, 9.17) is 0 Å². The number of benzene rings is 2. The lowest BCUT2D eigenvalue weighted by atomic mass is 9.81. The molecule has 1 heterocycles. The molecule has 2 aromatic carbocycles. The van der Waals surface area contributed by atoms with E-state index in [0.29, 0.717) is 34.1 Å². The van der Waals surface area contributed by atoms with Crippen LogP contribution in [0.1, 0.15) is 83.2 Å². The largest absolute Gasteiger partial charge is 0.505 e. The van der Waals surface area contributed by atoms with Crippen LogP contribution in [0.2, 0.25) is 0 Å². The predicted molar refractivity (Wildman–Crippen MR) is 118 cm³/mol. The van der Waals surface area contributed by atoms with E-state index in [1.165, 1.54) is 25.7 Å². The third-order valence-electron chi connectivity index (χ3n) is 6.81. The van der Waals surface area contributed by atoms with Crippen molar-refractivity contribution in [1.29, 1.82) is 0 Å². The molecule has 0 spiro atoms. The van der Waals surface area contributed by atoms with Gasteiger partial charge in [0, 0.05) is 35.9 Å². The topological polar surface area (TPSA) is 69.6 Å². The van der Waals surface area contributed by atoms with Gasteiger partial charge in [0.2, 0.25) is 0 Å². The van der Waals surface area contributed by atoms with Crippen LogP contribution in [-0.2, 0) is 0 Å². The summed E-state index contributed by atoms with van der Waals surface area (Å²) in [6, 6.07) is 9.14. The van der Waals surface area contributed by atoms with Crippen LogP contribution >= 0.6 is 0 Å². The third kappa shape index (κ3) is 3.17. The number of aromatic hydroxyl groups is 1. The summed E-state index contributed by atoms with van der Waals surface area (Å²) in [6.07, 6.45) is 9.03. The van der Waals surface area contributed by atoms with E-state index < -0.39 is 0 Å². The number of carbonyl (C=O) groups excluding carboxylic acids is 2. The molecule has 5 nitrogen and oxygen atoms in total. The first-order valence-electron chi connectivity index (χ1n) is 11.2. The summed E-state index contributed by atoms with van der Waals surface area (Å²) < 4.78 is 0. The van der Waals surface area contributed by atoms with Gasteiger partial charge in [0.1, 0.15) is 0 Å². The van der Waals surface area contributed by atoms with Gasteiger partial charge in [-0.15, -0.1) is 0 Å². The Morgan fingerprint density at radius 3 is 2.10 bits per heavy atom. The van der Waals surface area contributed by atoms with Gasteiger partial charge in [0.05, 0.1) is 16.8 Å². The minimum Gasteiger partial charge on any atom is -0.505 e. The molecule has 0 unspecified atom stereocenters. The first-order valence-corrected chi connectivity index (χ1v) is 11.2. The van der Waals surface area contributed by atoms with Crippen molar-refractivity contribution >= 4 is 22.9 Å². The summed E-state index contributed by atoms with van der Waals surface area (Å²) >= 11 is 0. The fourth-order valence-electron chi connectivity index (χ4n) is 5.22. The van der Waals surface area contributed by atoms with Crippen molar-refractivity contribution in [2.24, 2.45) is 0 Å². The van der Waals surface area contributed by atoms with Crippen LogP contribution in [0.5, 0.6) is 5.75 Å². The van der Waals surface area contributed by atoms with E-state index in [1.54, 1.807) is 24.3 Å². The maximum atomic E-state index is 13.4. The molecule has 0 amide bonds. The minimum atomic E-state index is -0.261. The Bertz CT molecular complexity index is 1000. The second-order valence-electron chi connectivity index (χ2n) is 8.77. The molecule has 0 radical (unpaired) electrons. The van der Waals surface area contributed by atoms with Crippen LogP contribution < -0.4 is 10.2 Å². The summed E-state index contributed by atoms with van der Waals surface area (Å²) in [6.45, 7) is 1.71. The standard InChI is InChI=1S/C25H28N2O3/c28-23-17-11-5-6-12-18(17)24(29)22-21(23)19(26-16-9-3-1-4-10-16)15-20(25(22)30)27-13-7-2-8-14-27/h5-6,11-12,15-16,26,30H,1-4,7-10,13-14H2. The van der Waals surface area contributed by atoms with Crippen molar-refractivity contribution < 1.29 is 14.7 Å². The number of nitrogens with zero attached hydrogens (tertiary/aromatic N) is 1. The first kappa shape index (κ1) is 19.2. The maximum Gasteiger partial charge on any atom is 0.198 e. The Labute approximate surface area is 177 Å². The second kappa shape index (κ2) is 7.78. The molecular weight excluding hydrogens is 376 g/mol. The van der Waals surface area contributed by atoms with Gasteiger partial charge in [0.15, 0.2) is 17.3 Å². The maximum absolute atomic E-state index is 13.4. The average molecular weight is 405 g/mol. The van der Waals surface area contributed by atoms with E-state index >= 15 is 0 Å². The fraction of sp³-hybridized carbons (Fsp3) is 0.440. The fourth-order valence-corrected chi connectivity index (χ4v) is 5.22. The third-order valence-corrected chi connectivity index (χ3v) is 6.81. The van der Waals surface area contributed by atoms with Crippen LogP contribution in [0.15, 0.2) is 30.3 Å². The van der Waals surface area contributed by atoms with Gasteiger partial charge in [-0.05, 0) is 38.2 Å². The quantitative estimate of drug-likeness (QED) is 0.608. The summed E-state index contributed by atoms with van der Waals surface area (Å²) in [7, 11) is 0. The number of hydrogen-bond acceptors (Lipinski definition) is 5. The van der Waals surface area contributed by atoms with Gasteiger partial charge in [-0.25, -0.2) is 0 Å². The van der Waals surface area contributed by atoms with Crippen LogP contribution in [0.4, 0.5) is 11.4 Å². The van der Waals surface area contributed by atoms with Crippen LogP contribution in [-0.4, -0.2) is 35.8 Å². The van der Waals surface area contributed by atoms with Crippen LogP contribution in [0.3, 0.4) is 0 Å². The molecule has 1 aliphatic heterocycles. The van der Waals surface area contributed by atoms with Gasteiger partial charge in [-0.1, -0.05) is 43.5 Å². The van der Waals surface area contributed by atoms with E-state index in [1.807, 2.05) is 6.07 Å². The molecule has 0 atom stereocenters. The molecule has 156 valence electrons. The molecule has 5 heteroatoms. The number of hydrogen-bond donors (Lipinski definition) is 2. The Morgan fingerprint density at radius 1 is 0.833 bits per heavy atom. The van der Waals surface area contributed by atoms with Gasteiger partial charge in [0.25, 0.3) is 0 Å². The number of carbonyl (C=O) groups is 2. The lowest BCUT2D eigenvalue weighted by molar-refractivity contribution is 0.0977. The lowest BCUT2D eigenvalue weighted by Crippen LogP contribution is -2.32. The highest BCUT2D eigenvalue weighted by Crippen LogP contribution is 2.44. The van der Waals surface area contributed by atoms with E-state index in [-0.39, 0.29) is 22.9 Å². The smallest absolute Gasteiger partial charge is 0.198 e. The summed E-state index contributed by atoms with van der Waals surface area (Å²) in [4.78, 5) is 29.0. The zero-order valence-corrected chi connectivity index (χ0v) is 17.2.